The van der Waals surface area contributed by atoms with E-state index in [9.17, 15) is 19.5 Å². The van der Waals surface area contributed by atoms with Crippen LogP contribution >= 0.6 is 0 Å². The maximum Gasteiger partial charge on any atom is 0.419 e. The summed E-state index contributed by atoms with van der Waals surface area (Å²) in [6.45, 7) is 5.76. The van der Waals surface area contributed by atoms with Crippen LogP contribution in [-0.4, -0.2) is 46.8 Å². The molecular formula is C29H31N3O5. The van der Waals surface area contributed by atoms with Gasteiger partial charge in [0.25, 0.3) is 0 Å². The Balaban J connectivity index is 1.60. The summed E-state index contributed by atoms with van der Waals surface area (Å²) in [6.07, 6.45) is -1.59. The SMILES string of the molecule is CC(C)(C)OC(=O)N(c1ccccc1)c1cccc(NC(=O)C2CN(C(=O)O)CC2c2ccccc2)c1. The number of benzene rings is 3. The molecule has 0 aromatic heterocycles. The molecule has 3 amide bonds. The second-order valence-electron chi connectivity index (χ2n) is 10.0. The van der Waals surface area contributed by atoms with Gasteiger partial charge in [-0.3, -0.25) is 4.79 Å². The first-order valence-electron chi connectivity index (χ1n) is 12.1. The van der Waals surface area contributed by atoms with Crippen LogP contribution in [0.15, 0.2) is 84.9 Å². The van der Waals surface area contributed by atoms with Gasteiger partial charge in [0.05, 0.1) is 17.3 Å². The molecule has 2 unspecified atom stereocenters. The number of likely N-dealkylation sites (tertiary alicyclic amines) is 1. The lowest BCUT2D eigenvalue weighted by atomic mass is 9.88. The molecule has 1 heterocycles. The van der Waals surface area contributed by atoms with Gasteiger partial charge in [-0.2, -0.15) is 0 Å². The van der Waals surface area contributed by atoms with Crippen LogP contribution in [0.5, 0.6) is 0 Å². The highest BCUT2D eigenvalue weighted by Gasteiger charge is 2.40. The van der Waals surface area contributed by atoms with Crippen molar-refractivity contribution in [1.29, 1.82) is 0 Å². The number of hydrogen-bond donors (Lipinski definition) is 2. The molecule has 4 rings (SSSR count). The zero-order chi connectivity index (χ0) is 26.6. The number of para-hydroxylation sites is 1. The van der Waals surface area contributed by atoms with Gasteiger partial charge in [-0.25, -0.2) is 14.5 Å². The van der Waals surface area contributed by atoms with Crippen LogP contribution in [0.4, 0.5) is 26.7 Å². The topological polar surface area (TPSA) is 99.2 Å². The zero-order valence-electron chi connectivity index (χ0n) is 21.1. The molecule has 1 aliphatic heterocycles. The normalized spacial score (nSPS) is 17.2. The number of anilines is 3. The summed E-state index contributed by atoms with van der Waals surface area (Å²) in [6, 6.07) is 25.6. The van der Waals surface area contributed by atoms with Crippen molar-refractivity contribution in [2.45, 2.75) is 32.3 Å². The van der Waals surface area contributed by atoms with E-state index in [4.69, 9.17) is 4.74 Å². The van der Waals surface area contributed by atoms with Crippen LogP contribution in [0, 0.1) is 5.92 Å². The van der Waals surface area contributed by atoms with Crippen molar-refractivity contribution in [3.63, 3.8) is 0 Å². The highest BCUT2D eigenvalue weighted by Crippen LogP contribution is 2.34. The predicted molar refractivity (Wildman–Crippen MR) is 142 cm³/mol. The van der Waals surface area contributed by atoms with E-state index in [2.05, 4.69) is 5.32 Å². The molecule has 2 N–H and O–H groups in total. The summed E-state index contributed by atoms with van der Waals surface area (Å²) in [5.41, 5.74) is 1.86. The van der Waals surface area contributed by atoms with E-state index in [1.54, 1.807) is 57.2 Å². The van der Waals surface area contributed by atoms with Crippen molar-refractivity contribution in [2.75, 3.05) is 23.3 Å². The summed E-state index contributed by atoms with van der Waals surface area (Å²) in [5.74, 6) is -1.10. The molecule has 0 aliphatic carbocycles. The Labute approximate surface area is 216 Å². The zero-order valence-corrected chi connectivity index (χ0v) is 21.1. The predicted octanol–water partition coefficient (Wildman–Crippen LogP) is 6.09. The van der Waals surface area contributed by atoms with Gasteiger partial charge in [0.1, 0.15) is 5.60 Å². The Kier molecular flexibility index (Phi) is 7.47. The maximum atomic E-state index is 13.4. The van der Waals surface area contributed by atoms with Crippen LogP contribution in [-0.2, 0) is 9.53 Å². The van der Waals surface area contributed by atoms with Gasteiger partial charge >= 0.3 is 12.2 Å². The van der Waals surface area contributed by atoms with Crippen molar-refractivity contribution >= 4 is 35.2 Å². The van der Waals surface area contributed by atoms with E-state index >= 15 is 0 Å². The first-order chi connectivity index (χ1) is 17.6. The molecule has 1 saturated heterocycles. The number of hydrogen-bond acceptors (Lipinski definition) is 4. The molecule has 8 heteroatoms. The van der Waals surface area contributed by atoms with E-state index in [0.29, 0.717) is 17.1 Å². The molecule has 2 atom stereocenters. The Bertz CT molecular complexity index is 1260. The van der Waals surface area contributed by atoms with Crippen molar-refractivity contribution in [2.24, 2.45) is 5.92 Å². The van der Waals surface area contributed by atoms with Gasteiger partial charge in [0.15, 0.2) is 0 Å². The van der Waals surface area contributed by atoms with Gasteiger partial charge in [-0.15, -0.1) is 0 Å². The molecule has 1 fully saturated rings. The molecule has 3 aromatic carbocycles. The minimum Gasteiger partial charge on any atom is -0.465 e. The Hall–Kier alpha value is -4.33. The largest absolute Gasteiger partial charge is 0.465 e. The first kappa shape index (κ1) is 25.8. The third kappa shape index (κ3) is 6.27. The molecule has 0 radical (unpaired) electrons. The van der Waals surface area contributed by atoms with Crippen molar-refractivity contribution in [3.8, 4) is 0 Å². The number of rotatable bonds is 5. The van der Waals surface area contributed by atoms with Crippen LogP contribution in [0.3, 0.4) is 0 Å². The third-order valence-electron chi connectivity index (χ3n) is 6.12. The lowest BCUT2D eigenvalue weighted by Crippen LogP contribution is -2.34. The monoisotopic (exact) mass is 501 g/mol. The molecule has 8 nitrogen and oxygen atoms in total. The van der Waals surface area contributed by atoms with E-state index in [1.807, 2.05) is 48.5 Å². The Morgan fingerprint density at radius 2 is 1.51 bits per heavy atom. The second-order valence-corrected chi connectivity index (χ2v) is 10.0. The van der Waals surface area contributed by atoms with Gasteiger partial charge in [-0.1, -0.05) is 54.6 Å². The van der Waals surface area contributed by atoms with E-state index in [1.165, 1.54) is 9.80 Å². The van der Waals surface area contributed by atoms with E-state index in [0.717, 1.165) is 5.56 Å². The molecule has 3 aromatic rings. The molecule has 1 aliphatic rings. The van der Waals surface area contributed by atoms with Crippen LogP contribution in [0.2, 0.25) is 0 Å². The van der Waals surface area contributed by atoms with Crippen molar-refractivity contribution in [3.05, 3.63) is 90.5 Å². The minimum absolute atomic E-state index is 0.106. The fourth-order valence-corrected chi connectivity index (χ4v) is 4.47. The number of carboxylic acid groups (broad SMARTS) is 1. The van der Waals surface area contributed by atoms with Crippen LogP contribution < -0.4 is 10.2 Å². The van der Waals surface area contributed by atoms with Crippen molar-refractivity contribution < 1.29 is 24.2 Å². The number of nitrogens with zero attached hydrogens (tertiary/aromatic N) is 2. The van der Waals surface area contributed by atoms with E-state index < -0.39 is 23.7 Å². The minimum atomic E-state index is -1.05. The standard InChI is InChI=1S/C29H31N3O5/c1-29(2,3)37-28(36)32(22-14-8-5-9-15-22)23-16-10-13-21(17-23)30-26(33)25-19-31(27(34)35)18-24(25)20-11-6-4-7-12-20/h4-17,24-25H,18-19H2,1-3H3,(H,30,33)(H,34,35). The molecule has 0 saturated carbocycles. The van der Waals surface area contributed by atoms with E-state index in [-0.39, 0.29) is 24.9 Å². The first-order valence-corrected chi connectivity index (χ1v) is 12.1. The summed E-state index contributed by atoms with van der Waals surface area (Å²) in [5, 5.41) is 12.5. The number of nitrogens with one attached hydrogen (secondary N) is 1. The maximum absolute atomic E-state index is 13.4. The average Bonchev–Trinajstić information content (AvgIpc) is 3.31. The highest BCUT2D eigenvalue weighted by molar-refractivity contribution is 5.98. The number of ether oxygens (including phenoxy) is 1. The van der Waals surface area contributed by atoms with Gasteiger partial charge in [0, 0.05) is 24.7 Å². The van der Waals surface area contributed by atoms with Crippen LogP contribution in [0.25, 0.3) is 0 Å². The second kappa shape index (κ2) is 10.7. The lowest BCUT2D eigenvalue weighted by molar-refractivity contribution is -0.119. The fourth-order valence-electron chi connectivity index (χ4n) is 4.47. The Morgan fingerprint density at radius 3 is 2.14 bits per heavy atom. The lowest BCUT2D eigenvalue weighted by Gasteiger charge is -2.28. The molecular weight excluding hydrogens is 470 g/mol. The smallest absolute Gasteiger partial charge is 0.419 e. The van der Waals surface area contributed by atoms with Gasteiger partial charge in [0.2, 0.25) is 5.91 Å². The van der Waals surface area contributed by atoms with Gasteiger partial charge < -0.3 is 20.1 Å². The molecule has 0 spiro atoms. The quantitative estimate of drug-likeness (QED) is 0.441. The Morgan fingerprint density at radius 1 is 0.892 bits per heavy atom. The number of carbonyl (C=O) groups is 3. The highest BCUT2D eigenvalue weighted by atomic mass is 16.6. The molecule has 0 bridgehead atoms. The number of amides is 3. The van der Waals surface area contributed by atoms with Gasteiger partial charge in [-0.05, 0) is 56.7 Å². The summed E-state index contributed by atoms with van der Waals surface area (Å²) in [4.78, 5) is 41.0. The van der Waals surface area contributed by atoms with Crippen LogP contribution in [0.1, 0.15) is 32.3 Å². The molecule has 192 valence electrons. The number of carbonyl (C=O) groups excluding carboxylic acids is 2. The summed E-state index contributed by atoms with van der Waals surface area (Å²) in [7, 11) is 0. The van der Waals surface area contributed by atoms with Crippen molar-refractivity contribution in [1.82, 2.24) is 4.90 Å². The molecule has 37 heavy (non-hydrogen) atoms. The average molecular weight is 502 g/mol. The fraction of sp³-hybridized carbons (Fsp3) is 0.276. The third-order valence-corrected chi connectivity index (χ3v) is 6.12. The summed E-state index contributed by atoms with van der Waals surface area (Å²) < 4.78 is 5.65. The summed E-state index contributed by atoms with van der Waals surface area (Å²) >= 11 is 0.